The van der Waals surface area contributed by atoms with Gasteiger partial charge >= 0.3 is 0 Å². The van der Waals surface area contributed by atoms with E-state index in [2.05, 4.69) is 57.5 Å². The minimum Gasteiger partial charge on any atom is -0.312 e. The maximum Gasteiger partial charge on any atom is 0.0699 e. The zero-order valence-corrected chi connectivity index (χ0v) is 17.0. The molecule has 23 heavy (non-hydrogen) atoms. The number of nitrogens with one attached hydrogen (secondary N) is 3. The van der Waals surface area contributed by atoms with E-state index in [0.717, 1.165) is 26.1 Å². The highest BCUT2D eigenvalue weighted by Crippen LogP contribution is 2.18. The molecule has 0 bridgehead atoms. The predicted octanol–water partition coefficient (Wildman–Crippen LogP) is 4.82. The molecule has 0 saturated carbocycles. The van der Waals surface area contributed by atoms with E-state index in [1.165, 1.54) is 51.4 Å². The SMILES string of the molecule is CCCCCCCCCC(CCNC(C)(C)C)(NCC)NCC. The summed E-state index contributed by atoms with van der Waals surface area (Å²) in [5, 5.41) is 11.1. The van der Waals surface area contributed by atoms with Gasteiger partial charge in [-0.15, -0.1) is 0 Å². The van der Waals surface area contributed by atoms with Crippen LogP contribution in [0.3, 0.4) is 0 Å². The lowest BCUT2D eigenvalue weighted by atomic mass is 9.95. The van der Waals surface area contributed by atoms with Gasteiger partial charge in [-0.1, -0.05) is 65.7 Å². The fourth-order valence-electron chi connectivity index (χ4n) is 3.25. The first-order chi connectivity index (χ1) is 10.9. The van der Waals surface area contributed by atoms with Gasteiger partial charge in [0.2, 0.25) is 0 Å². The molecule has 3 nitrogen and oxygen atoms in total. The van der Waals surface area contributed by atoms with Crippen molar-refractivity contribution < 1.29 is 0 Å². The summed E-state index contributed by atoms with van der Waals surface area (Å²) in [5.74, 6) is 0. The van der Waals surface area contributed by atoms with E-state index in [4.69, 9.17) is 0 Å². The summed E-state index contributed by atoms with van der Waals surface area (Å²) in [5.41, 5.74) is 0.300. The van der Waals surface area contributed by atoms with Crippen molar-refractivity contribution in [3.63, 3.8) is 0 Å². The van der Waals surface area contributed by atoms with Crippen molar-refractivity contribution in [1.29, 1.82) is 0 Å². The van der Waals surface area contributed by atoms with Crippen LogP contribution in [-0.2, 0) is 0 Å². The molecular weight excluding hydrogens is 282 g/mol. The maximum absolute atomic E-state index is 3.74. The van der Waals surface area contributed by atoms with Gasteiger partial charge in [0.1, 0.15) is 0 Å². The molecule has 0 saturated heterocycles. The molecule has 0 amide bonds. The Labute approximate surface area is 146 Å². The Morgan fingerprint density at radius 3 is 1.61 bits per heavy atom. The lowest BCUT2D eigenvalue weighted by Crippen LogP contribution is -2.58. The molecule has 0 aromatic rings. The predicted molar refractivity (Wildman–Crippen MR) is 105 cm³/mol. The van der Waals surface area contributed by atoms with Crippen LogP contribution >= 0.6 is 0 Å². The quantitative estimate of drug-likeness (QED) is 0.298. The molecule has 0 aliphatic heterocycles. The van der Waals surface area contributed by atoms with Gasteiger partial charge in [0.15, 0.2) is 0 Å². The van der Waals surface area contributed by atoms with Gasteiger partial charge in [-0.3, -0.25) is 10.6 Å². The normalized spacial score (nSPS) is 12.8. The van der Waals surface area contributed by atoms with Crippen molar-refractivity contribution >= 4 is 0 Å². The summed E-state index contributed by atoms with van der Waals surface area (Å²) < 4.78 is 0. The van der Waals surface area contributed by atoms with E-state index in [0.29, 0.717) is 0 Å². The van der Waals surface area contributed by atoms with Crippen molar-refractivity contribution in [2.45, 2.75) is 111 Å². The molecule has 0 aromatic carbocycles. The first kappa shape index (κ1) is 22.9. The highest BCUT2D eigenvalue weighted by molar-refractivity contribution is 4.86. The van der Waals surface area contributed by atoms with E-state index in [1.54, 1.807) is 0 Å². The second-order valence-electron chi connectivity index (χ2n) is 7.94. The van der Waals surface area contributed by atoms with Gasteiger partial charge in [-0.25, -0.2) is 0 Å². The Morgan fingerprint density at radius 2 is 1.13 bits per heavy atom. The van der Waals surface area contributed by atoms with Crippen LogP contribution in [0.5, 0.6) is 0 Å². The second kappa shape index (κ2) is 13.2. The van der Waals surface area contributed by atoms with Crippen LogP contribution in [0.25, 0.3) is 0 Å². The Hall–Kier alpha value is -0.120. The third-order valence-corrected chi connectivity index (χ3v) is 4.44. The number of hydrogen-bond acceptors (Lipinski definition) is 3. The van der Waals surface area contributed by atoms with Crippen molar-refractivity contribution in [3.05, 3.63) is 0 Å². The molecule has 0 radical (unpaired) electrons. The fourth-order valence-corrected chi connectivity index (χ4v) is 3.25. The second-order valence-corrected chi connectivity index (χ2v) is 7.94. The molecule has 0 aliphatic carbocycles. The molecule has 0 unspecified atom stereocenters. The number of hydrogen-bond donors (Lipinski definition) is 3. The first-order valence-corrected chi connectivity index (χ1v) is 10.1. The fraction of sp³-hybridized carbons (Fsp3) is 1.00. The topological polar surface area (TPSA) is 36.1 Å². The van der Waals surface area contributed by atoms with Crippen LogP contribution in [0.2, 0.25) is 0 Å². The minimum absolute atomic E-state index is 0.102. The van der Waals surface area contributed by atoms with Crippen LogP contribution in [-0.4, -0.2) is 30.8 Å². The molecule has 0 rings (SSSR count). The summed E-state index contributed by atoms with van der Waals surface area (Å²) in [4.78, 5) is 0. The number of rotatable bonds is 15. The van der Waals surface area contributed by atoms with Gasteiger partial charge in [0, 0.05) is 5.54 Å². The molecule has 0 atom stereocenters. The minimum atomic E-state index is 0.102. The molecule has 0 aromatic heterocycles. The smallest absolute Gasteiger partial charge is 0.0699 e. The van der Waals surface area contributed by atoms with Crippen molar-refractivity contribution in [1.82, 2.24) is 16.0 Å². The molecule has 0 aliphatic rings. The zero-order chi connectivity index (χ0) is 17.6. The zero-order valence-electron chi connectivity index (χ0n) is 17.0. The summed E-state index contributed by atoms with van der Waals surface area (Å²) in [7, 11) is 0. The van der Waals surface area contributed by atoms with Crippen LogP contribution in [0, 0.1) is 0 Å². The maximum atomic E-state index is 3.74. The average Bonchev–Trinajstić information content (AvgIpc) is 2.45. The monoisotopic (exact) mass is 327 g/mol. The Morgan fingerprint density at radius 1 is 0.609 bits per heavy atom. The van der Waals surface area contributed by atoms with Crippen molar-refractivity contribution in [2.75, 3.05) is 19.6 Å². The van der Waals surface area contributed by atoms with Gasteiger partial charge in [-0.05, 0) is 53.2 Å². The van der Waals surface area contributed by atoms with Crippen LogP contribution < -0.4 is 16.0 Å². The molecule has 0 heterocycles. The van der Waals surface area contributed by atoms with Gasteiger partial charge < -0.3 is 5.32 Å². The molecule has 0 spiro atoms. The standard InChI is InChI=1S/C20H45N3/c1-7-10-11-12-13-14-15-16-20(21-8-2,22-9-3)17-18-23-19(4,5)6/h21-23H,7-18H2,1-6H3. The Balaban J connectivity index is 4.25. The van der Waals surface area contributed by atoms with E-state index < -0.39 is 0 Å². The van der Waals surface area contributed by atoms with Crippen LogP contribution in [0.15, 0.2) is 0 Å². The Bertz CT molecular complexity index is 252. The van der Waals surface area contributed by atoms with E-state index in [-0.39, 0.29) is 11.2 Å². The van der Waals surface area contributed by atoms with Crippen LogP contribution in [0.4, 0.5) is 0 Å². The highest BCUT2D eigenvalue weighted by atomic mass is 15.2. The lowest BCUT2D eigenvalue weighted by molar-refractivity contribution is 0.212. The third-order valence-electron chi connectivity index (χ3n) is 4.44. The average molecular weight is 328 g/mol. The molecular formula is C20H45N3. The first-order valence-electron chi connectivity index (χ1n) is 10.1. The molecule has 3 heteroatoms. The largest absolute Gasteiger partial charge is 0.312 e. The van der Waals surface area contributed by atoms with Gasteiger partial charge in [-0.2, -0.15) is 0 Å². The van der Waals surface area contributed by atoms with E-state index >= 15 is 0 Å². The van der Waals surface area contributed by atoms with E-state index in [9.17, 15) is 0 Å². The van der Waals surface area contributed by atoms with Gasteiger partial charge in [0.25, 0.3) is 0 Å². The molecule has 3 N–H and O–H groups in total. The van der Waals surface area contributed by atoms with Gasteiger partial charge in [0.05, 0.1) is 5.66 Å². The van der Waals surface area contributed by atoms with E-state index in [1.807, 2.05) is 0 Å². The third kappa shape index (κ3) is 12.9. The van der Waals surface area contributed by atoms with Crippen molar-refractivity contribution in [3.8, 4) is 0 Å². The summed E-state index contributed by atoms with van der Waals surface area (Å²) in [6.45, 7) is 16.6. The molecule has 140 valence electrons. The number of unbranched alkanes of at least 4 members (excludes halogenated alkanes) is 6. The summed E-state index contributed by atoms with van der Waals surface area (Å²) in [6.07, 6.45) is 12.0. The van der Waals surface area contributed by atoms with Crippen LogP contribution in [0.1, 0.15) is 99.3 Å². The van der Waals surface area contributed by atoms with Crippen molar-refractivity contribution in [2.24, 2.45) is 0 Å². The Kier molecular flexibility index (Phi) is 13.1. The lowest BCUT2D eigenvalue weighted by Gasteiger charge is -2.37. The highest BCUT2D eigenvalue weighted by Gasteiger charge is 2.27. The molecule has 0 fully saturated rings. The summed E-state index contributed by atoms with van der Waals surface area (Å²) >= 11 is 0. The summed E-state index contributed by atoms with van der Waals surface area (Å²) in [6, 6.07) is 0.